The minimum Gasteiger partial charge on any atom is -0.353 e. The molecule has 1 N–H and O–H groups in total. The van der Waals surface area contributed by atoms with Crippen LogP contribution < -0.4 is 5.32 Å². The van der Waals surface area contributed by atoms with Crippen molar-refractivity contribution in [1.29, 1.82) is 0 Å². The van der Waals surface area contributed by atoms with E-state index in [4.69, 9.17) is 4.98 Å². The summed E-state index contributed by atoms with van der Waals surface area (Å²) < 4.78 is 2.16. The van der Waals surface area contributed by atoms with Crippen LogP contribution in [0.4, 0.5) is 0 Å². The molecule has 0 saturated heterocycles. The van der Waals surface area contributed by atoms with E-state index in [0.29, 0.717) is 11.7 Å². The molecule has 0 spiro atoms. The van der Waals surface area contributed by atoms with E-state index in [9.17, 15) is 4.79 Å². The van der Waals surface area contributed by atoms with Crippen molar-refractivity contribution < 1.29 is 4.79 Å². The Bertz CT molecular complexity index is 1160. The van der Waals surface area contributed by atoms with Crippen LogP contribution in [0.5, 0.6) is 0 Å². The van der Waals surface area contributed by atoms with Gasteiger partial charge in [0.25, 0.3) is 0 Å². The molecule has 6 nitrogen and oxygen atoms in total. The Morgan fingerprint density at radius 2 is 1.76 bits per heavy atom. The van der Waals surface area contributed by atoms with Gasteiger partial charge in [0.15, 0.2) is 5.65 Å². The van der Waals surface area contributed by atoms with Crippen LogP contribution in [0.2, 0.25) is 0 Å². The SMILES string of the molecule is CC(C)NC(=O)C(C)Sc1nnc2c3ccccc3n(Cc3ccccc3)c2n1. The Balaban J connectivity index is 1.74. The van der Waals surface area contributed by atoms with Crippen LogP contribution in [-0.4, -0.2) is 36.9 Å². The van der Waals surface area contributed by atoms with Gasteiger partial charge >= 0.3 is 0 Å². The summed E-state index contributed by atoms with van der Waals surface area (Å²) in [5, 5.41) is 12.9. The van der Waals surface area contributed by atoms with E-state index >= 15 is 0 Å². The van der Waals surface area contributed by atoms with Crippen LogP contribution in [0.25, 0.3) is 22.1 Å². The van der Waals surface area contributed by atoms with E-state index in [-0.39, 0.29) is 17.2 Å². The van der Waals surface area contributed by atoms with Gasteiger partial charge in [-0.25, -0.2) is 4.98 Å². The van der Waals surface area contributed by atoms with Crippen molar-refractivity contribution in [3.8, 4) is 0 Å². The lowest BCUT2D eigenvalue weighted by atomic mass is 10.2. The standard InChI is InChI=1S/C22H23N5OS/c1-14(2)23-21(28)15(3)29-22-24-20-19(25-26-22)17-11-7-8-12-18(17)27(20)13-16-9-5-4-6-10-16/h4-12,14-15H,13H2,1-3H3,(H,23,28). The molecule has 1 amide bonds. The molecule has 29 heavy (non-hydrogen) atoms. The van der Waals surface area contributed by atoms with Gasteiger partial charge in [-0.05, 0) is 32.4 Å². The van der Waals surface area contributed by atoms with Gasteiger partial charge in [-0.1, -0.05) is 60.3 Å². The van der Waals surface area contributed by atoms with Crippen molar-refractivity contribution in [2.24, 2.45) is 0 Å². The molecule has 1 atom stereocenters. The minimum atomic E-state index is -0.302. The number of hydrogen-bond donors (Lipinski definition) is 1. The second-order valence-electron chi connectivity index (χ2n) is 7.28. The van der Waals surface area contributed by atoms with Crippen LogP contribution in [0.15, 0.2) is 59.8 Å². The smallest absolute Gasteiger partial charge is 0.233 e. The van der Waals surface area contributed by atoms with Crippen molar-refractivity contribution in [1.82, 2.24) is 25.1 Å². The predicted octanol–water partition coefficient (Wildman–Crippen LogP) is 4.03. The molecule has 4 rings (SSSR count). The summed E-state index contributed by atoms with van der Waals surface area (Å²) >= 11 is 1.32. The number of para-hydroxylation sites is 1. The molecule has 2 aromatic heterocycles. The normalized spacial score (nSPS) is 12.6. The van der Waals surface area contributed by atoms with Crippen molar-refractivity contribution in [2.45, 2.75) is 43.8 Å². The van der Waals surface area contributed by atoms with E-state index in [1.54, 1.807) is 0 Å². The zero-order chi connectivity index (χ0) is 20.4. The molecule has 0 aliphatic rings. The molecular formula is C22H23N5OS. The summed E-state index contributed by atoms with van der Waals surface area (Å²) in [6, 6.07) is 18.5. The fourth-order valence-corrected chi connectivity index (χ4v) is 4.00. The molecule has 2 heterocycles. The first-order valence-electron chi connectivity index (χ1n) is 9.65. The summed E-state index contributed by atoms with van der Waals surface area (Å²) in [5.74, 6) is -0.0291. The molecule has 4 aromatic rings. The number of hydrogen-bond acceptors (Lipinski definition) is 5. The maximum absolute atomic E-state index is 12.3. The number of nitrogens with one attached hydrogen (secondary N) is 1. The lowest BCUT2D eigenvalue weighted by Gasteiger charge is -2.13. The molecule has 0 aliphatic heterocycles. The average molecular weight is 406 g/mol. The summed E-state index contributed by atoms with van der Waals surface area (Å²) in [5.41, 5.74) is 3.82. The number of amides is 1. The molecule has 1 unspecified atom stereocenters. The van der Waals surface area contributed by atoms with Crippen molar-refractivity contribution >= 4 is 39.7 Å². The Morgan fingerprint density at radius 3 is 2.52 bits per heavy atom. The Kier molecular flexibility index (Phi) is 5.49. The maximum atomic E-state index is 12.3. The second-order valence-corrected chi connectivity index (χ2v) is 8.59. The van der Waals surface area contributed by atoms with Crippen LogP contribution in [0, 0.1) is 0 Å². The highest BCUT2D eigenvalue weighted by atomic mass is 32.2. The first kappa shape index (κ1) is 19.4. The van der Waals surface area contributed by atoms with Gasteiger partial charge in [0, 0.05) is 18.0 Å². The van der Waals surface area contributed by atoms with Crippen LogP contribution in [0.1, 0.15) is 26.3 Å². The summed E-state index contributed by atoms with van der Waals surface area (Å²) in [7, 11) is 0. The number of thioether (sulfide) groups is 1. The van der Waals surface area contributed by atoms with E-state index in [0.717, 1.165) is 22.1 Å². The number of rotatable bonds is 6. The number of nitrogens with zero attached hydrogens (tertiary/aromatic N) is 4. The molecule has 0 fully saturated rings. The van der Waals surface area contributed by atoms with Gasteiger partial charge in [-0.3, -0.25) is 4.79 Å². The van der Waals surface area contributed by atoms with Crippen molar-refractivity contribution in [2.75, 3.05) is 0 Å². The summed E-state index contributed by atoms with van der Waals surface area (Å²) in [4.78, 5) is 17.0. The van der Waals surface area contributed by atoms with Gasteiger partial charge in [0.05, 0.1) is 10.8 Å². The van der Waals surface area contributed by atoms with Gasteiger partial charge < -0.3 is 9.88 Å². The van der Waals surface area contributed by atoms with Crippen LogP contribution >= 0.6 is 11.8 Å². The number of fused-ring (bicyclic) bond motifs is 3. The van der Waals surface area contributed by atoms with Crippen LogP contribution in [-0.2, 0) is 11.3 Å². The van der Waals surface area contributed by atoms with Crippen molar-refractivity contribution in [3.63, 3.8) is 0 Å². The van der Waals surface area contributed by atoms with Gasteiger partial charge in [-0.15, -0.1) is 10.2 Å². The number of benzene rings is 2. The Labute approximate surface area is 173 Å². The molecule has 148 valence electrons. The lowest BCUT2D eigenvalue weighted by molar-refractivity contribution is -0.120. The molecule has 0 bridgehead atoms. The second kappa shape index (κ2) is 8.21. The zero-order valence-corrected chi connectivity index (χ0v) is 17.5. The molecule has 0 radical (unpaired) electrons. The van der Waals surface area contributed by atoms with Gasteiger partial charge in [-0.2, -0.15) is 0 Å². The van der Waals surface area contributed by atoms with Gasteiger partial charge in [0.2, 0.25) is 11.1 Å². The third-order valence-electron chi connectivity index (χ3n) is 4.62. The van der Waals surface area contributed by atoms with Crippen molar-refractivity contribution in [3.05, 3.63) is 60.2 Å². The fourth-order valence-electron chi connectivity index (χ4n) is 3.28. The van der Waals surface area contributed by atoms with E-state index in [1.165, 1.54) is 17.3 Å². The number of carbonyl (C=O) groups excluding carboxylic acids is 1. The Morgan fingerprint density at radius 1 is 1.03 bits per heavy atom. The molecular weight excluding hydrogens is 382 g/mol. The summed E-state index contributed by atoms with van der Waals surface area (Å²) in [6.07, 6.45) is 0. The largest absolute Gasteiger partial charge is 0.353 e. The first-order valence-corrected chi connectivity index (χ1v) is 10.5. The molecule has 0 saturated carbocycles. The number of aromatic nitrogens is 4. The highest BCUT2D eigenvalue weighted by Gasteiger charge is 2.19. The minimum absolute atomic E-state index is 0.0291. The first-order chi connectivity index (χ1) is 14.0. The Hall–Kier alpha value is -2.93. The maximum Gasteiger partial charge on any atom is 0.233 e. The average Bonchev–Trinajstić information content (AvgIpc) is 3.01. The van der Waals surface area contributed by atoms with E-state index < -0.39 is 0 Å². The number of carbonyl (C=O) groups is 1. The monoisotopic (exact) mass is 405 g/mol. The topological polar surface area (TPSA) is 72.7 Å². The molecule has 2 aromatic carbocycles. The highest BCUT2D eigenvalue weighted by molar-refractivity contribution is 8.00. The highest BCUT2D eigenvalue weighted by Crippen LogP contribution is 2.28. The quantitative estimate of drug-likeness (QED) is 0.490. The van der Waals surface area contributed by atoms with E-state index in [2.05, 4.69) is 38.3 Å². The van der Waals surface area contributed by atoms with E-state index in [1.807, 2.05) is 57.2 Å². The molecule has 7 heteroatoms. The molecule has 0 aliphatic carbocycles. The zero-order valence-electron chi connectivity index (χ0n) is 16.7. The fraction of sp³-hybridized carbons (Fsp3) is 0.273. The lowest BCUT2D eigenvalue weighted by Crippen LogP contribution is -2.35. The summed E-state index contributed by atoms with van der Waals surface area (Å²) in [6.45, 7) is 6.44. The van der Waals surface area contributed by atoms with Crippen LogP contribution in [0.3, 0.4) is 0 Å². The van der Waals surface area contributed by atoms with Gasteiger partial charge in [0.1, 0.15) is 5.52 Å². The third kappa shape index (κ3) is 4.10. The predicted molar refractivity (Wildman–Crippen MR) is 117 cm³/mol. The third-order valence-corrected chi connectivity index (χ3v) is 5.57.